The van der Waals surface area contributed by atoms with Crippen LogP contribution in [-0.2, 0) is 0 Å². The van der Waals surface area contributed by atoms with Crippen LogP contribution < -0.4 is 10.1 Å². The summed E-state index contributed by atoms with van der Waals surface area (Å²) in [5.74, 6) is -0.699. The third-order valence-corrected chi connectivity index (χ3v) is 2.98. The van der Waals surface area contributed by atoms with Gasteiger partial charge in [0.25, 0.3) is 11.6 Å². The van der Waals surface area contributed by atoms with Crippen molar-refractivity contribution in [1.29, 1.82) is 0 Å². The molecule has 0 radical (unpaired) electrons. The van der Waals surface area contributed by atoms with E-state index in [1.807, 2.05) is 0 Å². The van der Waals surface area contributed by atoms with E-state index in [1.165, 1.54) is 43.5 Å². The first-order valence-electron chi connectivity index (χ1n) is 6.31. The lowest BCUT2D eigenvalue weighted by Gasteiger charge is -2.07. The fraction of sp³-hybridized carbons (Fsp3) is 0.0714. The van der Waals surface area contributed by atoms with Gasteiger partial charge in [-0.2, -0.15) is 0 Å². The molecule has 0 atom stereocenters. The SMILES string of the molecule is COc1ccc(NC(=O)c2ccccc2[N+](=O)[O-])cc1[N+](=O)[O-]. The molecule has 0 fully saturated rings. The number of nitro groups is 2. The summed E-state index contributed by atoms with van der Waals surface area (Å²) in [5, 5.41) is 24.3. The zero-order valence-corrected chi connectivity index (χ0v) is 11.9. The van der Waals surface area contributed by atoms with Crippen LogP contribution in [0.25, 0.3) is 0 Å². The maximum absolute atomic E-state index is 12.2. The Morgan fingerprint density at radius 3 is 2.30 bits per heavy atom. The minimum absolute atomic E-state index is 0.0405. The van der Waals surface area contributed by atoms with E-state index in [1.54, 1.807) is 0 Å². The minimum atomic E-state index is -0.739. The molecule has 0 bridgehead atoms. The van der Waals surface area contributed by atoms with Crippen LogP contribution in [0.5, 0.6) is 5.75 Å². The second-order valence-corrected chi connectivity index (χ2v) is 4.37. The maximum Gasteiger partial charge on any atom is 0.312 e. The van der Waals surface area contributed by atoms with Gasteiger partial charge in [-0.15, -0.1) is 0 Å². The van der Waals surface area contributed by atoms with Gasteiger partial charge in [0.2, 0.25) is 0 Å². The molecule has 0 aliphatic rings. The summed E-state index contributed by atoms with van der Waals surface area (Å²) in [5.41, 5.74) is -0.697. The number of benzene rings is 2. The van der Waals surface area contributed by atoms with Crippen LogP contribution in [0, 0.1) is 20.2 Å². The van der Waals surface area contributed by atoms with Gasteiger partial charge in [0.1, 0.15) is 5.56 Å². The number of anilines is 1. The molecule has 1 N–H and O–H groups in total. The second kappa shape index (κ2) is 6.52. The van der Waals surface area contributed by atoms with E-state index in [0.29, 0.717) is 0 Å². The molecule has 0 saturated carbocycles. The van der Waals surface area contributed by atoms with Gasteiger partial charge in [-0.25, -0.2) is 0 Å². The van der Waals surface area contributed by atoms with Crippen molar-refractivity contribution in [1.82, 2.24) is 0 Å². The predicted molar refractivity (Wildman–Crippen MR) is 80.7 cm³/mol. The molecule has 2 aromatic rings. The highest BCUT2D eigenvalue weighted by Crippen LogP contribution is 2.30. The summed E-state index contributed by atoms with van der Waals surface area (Å²) >= 11 is 0. The molecule has 1 amide bonds. The number of methoxy groups -OCH3 is 1. The first kappa shape index (κ1) is 15.9. The smallest absolute Gasteiger partial charge is 0.312 e. The highest BCUT2D eigenvalue weighted by Gasteiger charge is 2.21. The van der Waals surface area contributed by atoms with E-state index in [2.05, 4.69) is 5.32 Å². The van der Waals surface area contributed by atoms with Gasteiger partial charge in [-0.1, -0.05) is 12.1 Å². The molecule has 9 nitrogen and oxygen atoms in total. The third kappa shape index (κ3) is 3.40. The molecule has 2 rings (SSSR count). The van der Waals surface area contributed by atoms with E-state index in [0.717, 1.165) is 6.07 Å². The molecule has 0 unspecified atom stereocenters. The van der Waals surface area contributed by atoms with E-state index in [4.69, 9.17) is 4.74 Å². The Labute approximate surface area is 129 Å². The number of nitrogens with one attached hydrogen (secondary N) is 1. The van der Waals surface area contributed by atoms with Crippen LogP contribution in [0.3, 0.4) is 0 Å². The molecule has 0 aliphatic heterocycles. The lowest BCUT2D eigenvalue weighted by atomic mass is 10.1. The summed E-state index contributed by atoms with van der Waals surface area (Å²) in [7, 11) is 1.29. The summed E-state index contributed by atoms with van der Waals surface area (Å²) in [6, 6.07) is 9.26. The van der Waals surface area contributed by atoms with Crippen LogP contribution in [0.1, 0.15) is 10.4 Å². The molecule has 0 saturated heterocycles. The largest absolute Gasteiger partial charge is 0.490 e. The zero-order chi connectivity index (χ0) is 17.0. The second-order valence-electron chi connectivity index (χ2n) is 4.37. The first-order chi connectivity index (χ1) is 10.9. The topological polar surface area (TPSA) is 125 Å². The summed E-state index contributed by atoms with van der Waals surface area (Å²) in [4.78, 5) is 32.7. The number of ether oxygens (including phenoxy) is 1. The normalized spacial score (nSPS) is 9.96. The molecular weight excluding hydrogens is 306 g/mol. The summed E-state index contributed by atoms with van der Waals surface area (Å²) in [6.07, 6.45) is 0. The highest BCUT2D eigenvalue weighted by atomic mass is 16.6. The van der Waals surface area contributed by atoms with E-state index in [-0.39, 0.29) is 28.4 Å². The van der Waals surface area contributed by atoms with Gasteiger partial charge < -0.3 is 10.1 Å². The number of amides is 1. The summed E-state index contributed by atoms with van der Waals surface area (Å²) in [6.45, 7) is 0. The molecule has 9 heteroatoms. The van der Waals surface area contributed by atoms with Gasteiger partial charge in [0, 0.05) is 17.8 Å². The van der Waals surface area contributed by atoms with Crippen molar-refractivity contribution in [3.05, 3.63) is 68.3 Å². The van der Waals surface area contributed by atoms with Crippen LogP contribution in [-0.4, -0.2) is 22.9 Å². The van der Waals surface area contributed by atoms with Gasteiger partial charge in [0.05, 0.1) is 17.0 Å². The Kier molecular flexibility index (Phi) is 4.50. The van der Waals surface area contributed by atoms with Crippen LogP contribution in [0.4, 0.5) is 17.1 Å². The Bertz CT molecular complexity index is 790. The molecule has 2 aromatic carbocycles. The van der Waals surface area contributed by atoms with Gasteiger partial charge in [0.15, 0.2) is 5.75 Å². The van der Waals surface area contributed by atoms with E-state index >= 15 is 0 Å². The highest BCUT2D eigenvalue weighted by molar-refractivity contribution is 6.07. The minimum Gasteiger partial charge on any atom is -0.490 e. The van der Waals surface area contributed by atoms with Crippen molar-refractivity contribution >= 4 is 23.0 Å². The van der Waals surface area contributed by atoms with Crippen molar-refractivity contribution in [2.75, 3.05) is 12.4 Å². The number of hydrogen-bond donors (Lipinski definition) is 1. The third-order valence-electron chi connectivity index (χ3n) is 2.98. The van der Waals surface area contributed by atoms with Gasteiger partial charge in [-0.3, -0.25) is 25.0 Å². The fourth-order valence-corrected chi connectivity index (χ4v) is 1.93. The number of nitro benzene ring substituents is 2. The molecule has 0 aromatic heterocycles. The Balaban J connectivity index is 2.33. The number of carbonyl (C=O) groups is 1. The van der Waals surface area contributed by atoms with Crippen LogP contribution in [0.2, 0.25) is 0 Å². The first-order valence-corrected chi connectivity index (χ1v) is 6.31. The average Bonchev–Trinajstić information content (AvgIpc) is 2.54. The Morgan fingerprint density at radius 2 is 1.70 bits per heavy atom. The van der Waals surface area contributed by atoms with Crippen molar-refractivity contribution in [3.8, 4) is 5.75 Å². The molecule has 0 spiro atoms. The van der Waals surface area contributed by atoms with Crippen molar-refractivity contribution in [3.63, 3.8) is 0 Å². The predicted octanol–water partition coefficient (Wildman–Crippen LogP) is 2.76. The lowest BCUT2D eigenvalue weighted by Crippen LogP contribution is -2.14. The molecule has 118 valence electrons. The van der Waals surface area contributed by atoms with Crippen LogP contribution in [0.15, 0.2) is 42.5 Å². The van der Waals surface area contributed by atoms with Gasteiger partial charge >= 0.3 is 5.69 Å². The quantitative estimate of drug-likeness (QED) is 0.667. The Hall–Kier alpha value is -3.49. The standard InChI is InChI=1S/C14H11N3O6/c1-23-13-7-6-9(8-12(13)17(21)22)15-14(18)10-4-2-3-5-11(10)16(19)20/h2-8H,1H3,(H,15,18). The fourth-order valence-electron chi connectivity index (χ4n) is 1.93. The Morgan fingerprint density at radius 1 is 1.04 bits per heavy atom. The van der Waals surface area contributed by atoms with Gasteiger partial charge in [-0.05, 0) is 18.2 Å². The van der Waals surface area contributed by atoms with Crippen LogP contribution >= 0.6 is 0 Å². The monoisotopic (exact) mass is 317 g/mol. The molecule has 0 aliphatic carbocycles. The molecule has 0 heterocycles. The number of para-hydroxylation sites is 1. The number of rotatable bonds is 5. The average molecular weight is 317 g/mol. The number of carbonyl (C=O) groups excluding carboxylic acids is 1. The zero-order valence-electron chi connectivity index (χ0n) is 11.9. The maximum atomic E-state index is 12.2. The van der Waals surface area contributed by atoms with E-state index in [9.17, 15) is 25.0 Å². The number of hydrogen-bond acceptors (Lipinski definition) is 6. The molecular formula is C14H11N3O6. The number of nitrogens with zero attached hydrogens (tertiary/aromatic N) is 2. The molecule has 23 heavy (non-hydrogen) atoms. The van der Waals surface area contributed by atoms with E-state index < -0.39 is 15.8 Å². The van der Waals surface area contributed by atoms with Crippen molar-refractivity contribution in [2.24, 2.45) is 0 Å². The van der Waals surface area contributed by atoms with Crippen molar-refractivity contribution < 1.29 is 19.4 Å². The van der Waals surface area contributed by atoms with Crippen molar-refractivity contribution in [2.45, 2.75) is 0 Å². The lowest BCUT2D eigenvalue weighted by molar-refractivity contribution is -0.385. The summed E-state index contributed by atoms with van der Waals surface area (Å²) < 4.78 is 4.86.